The van der Waals surface area contributed by atoms with E-state index in [0.717, 1.165) is 16.5 Å². The number of rotatable bonds is 3. The number of para-hydroxylation sites is 1. The first kappa shape index (κ1) is 13.7. The van der Waals surface area contributed by atoms with E-state index in [1.165, 1.54) is 0 Å². The molecule has 1 aromatic heterocycles. The Labute approximate surface area is 122 Å². The quantitative estimate of drug-likeness (QED) is 0.905. The van der Waals surface area contributed by atoms with Gasteiger partial charge in [-0.25, -0.2) is 0 Å². The minimum atomic E-state index is -0.815. The number of carbonyl (C=O) groups is 2. The molecule has 1 fully saturated rings. The van der Waals surface area contributed by atoms with Crippen LogP contribution in [0.25, 0.3) is 10.9 Å². The fraction of sp³-hybridized carbons (Fsp3) is 0.375. The monoisotopic (exact) mass is 286 g/mol. The standard InChI is InChI=1S/C16H18N2O3/c1-10-8-18(9-13(10)16(20)21)15(19)6-11-7-17-14-5-3-2-4-12(11)14/h2-5,7,10,13,17H,6,8-9H2,1H3,(H,20,21). The van der Waals surface area contributed by atoms with Gasteiger partial charge in [0.1, 0.15) is 0 Å². The Kier molecular flexibility index (Phi) is 3.41. The fourth-order valence-electron chi connectivity index (χ4n) is 3.04. The summed E-state index contributed by atoms with van der Waals surface area (Å²) in [7, 11) is 0. The second kappa shape index (κ2) is 5.24. The van der Waals surface area contributed by atoms with Crippen LogP contribution in [0.15, 0.2) is 30.5 Å². The summed E-state index contributed by atoms with van der Waals surface area (Å²) in [5, 5.41) is 10.2. The lowest BCUT2D eigenvalue weighted by atomic mass is 9.99. The van der Waals surface area contributed by atoms with Crippen LogP contribution in [0.2, 0.25) is 0 Å². The molecule has 0 radical (unpaired) electrons. The molecule has 2 atom stereocenters. The van der Waals surface area contributed by atoms with E-state index in [1.807, 2.05) is 37.4 Å². The van der Waals surface area contributed by atoms with Gasteiger partial charge in [-0.3, -0.25) is 9.59 Å². The predicted molar refractivity (Wildman–Crippen MR) is 78.9 cm³/mol. The van der Waals surface area contributed by atoms with Gasteiger partial charge in [-0.05, 0) is 17.5 Å². The number of aromatic nitrogens is 1. The molecule has 5 nitrogen and oxygen atoms in total. The lowest BCUT2D eigenvalue weighted by Crippen LogP contribution is -2.31. The average molecular weight is 286 g/mol. The Hall–Kier alpha value is -2.30. The maximum Gasteiger partial charge on any atom is 0.308 e. The summed E-state index contributed by atoms with van der Waals surface area (Å²) in [6.45, 7) is 2.73. The van der Waals surface area contributed by atoms with Crippen LogP contribution in [0.3, 0.4) is 0 Å². The SMILES string of the molecule is CC1CN(C(=O)Cc2c[nH]c3ccccc23)CC1C(=O)O. The largest absolute Gasteiger partial charge is 0.481 e. The maximum absolute atomic E-state index is 12.4. The van der Waals surface area contributed by atoms with Gasteiger partial charge in [-0.1, -0.05) is 25.1 Å². The number of nitrogens with one attached hydrogen (secondary N) is 1. The molecule has 3 rings (SSSR count). The van der Waals surface area contributed by atoms with Crippen molar-refractivity contribution < 1.29 is 14.7 Å². The highest BCUT2D eigenvalue weighted by Gasteiger charge is 2.36. The number of nitrogens with zero attached hydrogens (tertiary/aromatic N) is 1. The van der Waals surface area contributed by atoms with E-state index < -0.39 is 11.9 Å². The highest BCUT2D eigenvalue weighted by Crippen LogP contribution is 2.25. The van der Waals surface area contributed by atoms with Crippen molar-refractivity contribution in [1.82, 2.24) is 9.88 Å². The summed E-state index contributed by atoms with van der Waals surface area (Å²) in [4.78, 5) is 28.3. The van der Waals surface area contributed by atoms with Gasteiger partial charge in [0.2, 0.25) is 5.91 Å². The van der Waals surface area contributed by atoms with E-state index in [1.54, 1.807) is 4.90 Å². The second-order valence-corrected chi connectivity index (χ2v) is 5.76. The molecule has 0 spiro atoms. The van der Waals surface area contributed by atoms with Crippen molar-refractivity contribution in [2.75, 3.05) is 13.1 Å². The zero-order valence-electron chi connectivity index (χ0n) is 11.9. The van der Waals surface area contributed by atoms with E-state index in [0.29, 0.717) is 19.5 Å². The highest BCUT2D eigenvalue weighted by atomic mass is 16.4. The number of aliphatic carboxylic acids is 1. The number of hydrogen-bond donors (Lipinski definition) is 2. The summed E-state index contributed by atoms with van der Waals surface area (Å²) >= 11 is 0. The molecular weight excluding hydrogens is 268 g/mol. The lowest BCUT2D eigenvalue weighted by molar-refractivity contribution is -0.142. The molecule has 2 N–H and O–H groups in total. The third-order valence-corrected chi connectivity index (χ3v) is 4.30. The van der Waals surface area contributed by atoms with Gasteiger partial charge in [-0.2, -0.15) is 0 Å². The Morgan fingerprint density at radius 3 is 2.81 bits per heavy atom. The van der Waals surface area contributed by atoms with Crippen molar-refractivity contribution in [2.24, 2.45) is 11.8 Å². The van der Waals surface area contributed by atoms with Crippen LogP contribution in [0, 0.1) is 11.8 Å². The molecule has 2 unspecified atom stereocenters. The third kappa shape index (κ3) is 2.51. The number of carboxylic acid groups (broad SMARTS) is 1. The molecular formula is C16H18N2O3. The smallest absolute Gasteiger partial charge is 0.308 e. The summed E-state index contributed by atoms with van der Waals surface area (Å²) < 4.78 is 0. The van der Waals surface area contributed by atoms with E-state index in [4.69, 9.17) is 5.11 Å². The molecule has 0 aliphatic carbocycles. The molecule has 2 heterocycles. The highest BCUT2D eigenvalue weighted by molar-refractivity contribution is 5.89. The first-order valence-corrected chi connectivity index (χ1v) is 7.12. The van der Waals surface area contributed by atoms with Crippen LogP contribution in [0.5, 0.6) is 0 Å². The molecule has 2 aromatic rings. The average Bonchev–Trinajstić information content (AvgIpc) is 3.03. The Balaban J connectivity index is 1.74. The summed E-state index contributed by atoms with van der Waals surface area (Å²) in [6.07, 6.45) is 2.17. The van der Waals surface area contributed by atoms with Gasteiger partial charge in [0.05, 0.1) is 12.3 Å². The number of amides is 1. The molecule has 1 aromatic carbocycles. The first-order chi connectivity index (χ1) is 10.1. The van der Waals surface area contributed by atoms with Gasteiger partial charge >= 0.3 is 5.97 Å². The van der Waals surface area contributed by atoms with E-state index >= 15 is 0 Å². The van der Waals surface area contributed by atoms with E-state index in [9.17, 15) is 9.59 Å². The first-order valence-electron chi connectivity index (χ1n) is 7.12. The predicted octanol–water partition coefficient (Wildman–Crippen LogP) is 1.89. The number of carbonyl (C=O) groups excluding carboxylic acids is 1. The summed E-state index contributed by atoms with van der Waals surface area (Å²) in [5.41, 5.74) is 1.97. The van der Waals surface area contributed by atoms with Gasteiger partial charge in [0, 0.05) is 30.2 Å². The Morgan fingerprint density at radius 1 is 1.33 bits per heavy atom. The fourth-order valence-corrected chi connectivity index (χ4v) is 3.04. The van der Waals surface area contributed by atoms with Crippen molar-refractivity contribution in [3.63, 3.8) is 0 Å². The van der Waals surface area contributed by atoms with Crippen LogP contribution < -0.4 is 0 Å². The molecule has 0 saturated carbocycles. The van der Waals surface area contributed by atoms with Crippen molar-refractivity contribution in [3.8, 4) is 0 Å². The van der Waals surface area contributed by atoms with Crippen molar-refractivity contribution in [3.05, 3.63) is 36.0 Å². The van der Waals surface area contributed by atoms with Gasteiger partial charge in [0.25, 0.3) is 0 Å². The number of H-pyrrole nitrogens is 1. The van der Waals surface area contributed by atoms with E-state index in [-0.39, 0.29) is 11.8 Å². The van der Waals surface area contributed by atoms with Gasteiger partial charge in [0.15, 0.2) is 0 Å². The molecule has 0 bridgehead atoms. The van der Waals surface area contributed by atoms with Crippen LogP contribution in [-0.4, -0.2) is 40.0 Å². The number of carboxylic acids is 1. The zero-order valence-corrected chi connectivity index (χ0v) is 11.9. The lowest BCUT2D eigenvalue weighted by Gasteiger charge is -2.15. The number of benzene rings is 1. The number of aromatic amines is 1. The molecule has 1 aliphatic heterocycles. The molecule has 1 amide bonds. The molecule has 1 saturated heterocycles. The minimum Gasteiger partial charge on any atom is -0.481 e. The number of hydrogen-bond acceptors (Lipinski definition) is 2. The van der Waals surface area contributed by atoms with Crippen molar-refractivity contribution in [1.29, 1.82) is 0 Å². The summed E-state index contributed by atoms with van der Waals surface area (Å²) in [5.74, 6) is -1.26. The van der Waals surface area contributed by atoms with Crippen molar-refractivity contribution >= 4 is 22.8 Å². The zero-order chi connectivity index (χ0) is 15.0. The normalized spacial score (nSPS) is 21.9. The number of likely N-dealkylation sites (tertiary alicyclic amines) is 1. The topological polar surface area (TPSA) is 73.4 Å². The van der Waals surface area contributed by atoms with Crippen LogP contribution in [0.4, 0.5) is 0 Å². The minimum absolute atomic E-state index is 0.00430. The Morgan fingerprint density at radius 2 is 2.10 bits per heavy atom. The molecule has 21 heavy (non-hydrogen) atoms. The van der Waals surface area contributed by atoms with Gasteiger partial charge < -0.3 is 15.0 Å². The van der Waals surface area contributed by atoms with Crippen molar-refractivity contribution in [2.45, 2.75) is 13.3 Å². The van der Waals surface area contributed by atoms with Gasteiger partial charge in [-0.15, -0.1) is 0 Å². The molecule has 1 aliphatic rings. The van der Waals surface area contributed by atoms with Crippen LogP contribution in [-0.2, 0) is 16.0 Å². The number of fused-ring (bicyclic) bond motifs is 1. The Bertz CT molecular complexity index is 692. The molecule has 110 valence electrons. The second-order valence-electron chi connectivity index (χ2n) is 5.76. The molecule has 5 heteroatoms. The van der Waals surface area contributed by atoms with E-state index in [2.05, 4.69) is 4.98 Å². The maximum atomic E-state index is 12.4. The van der Waals surface area contributed by atoms with Crippen LogP contribution >= 0.6 is 0 Å². The summed E-state index contributed by atoms with van der Waals surface area (Å²) in [6, 6.07) is 7.86. The van der Waals surface area contributed by atoms with Crippen LogP contribution in [0.1, 0.15) is 12.5 Å². The third-order valence-electron chi connectivity index (χ3n) is 4.30.